The van der Waals surface area contributed by atoms with Crippen molar-refractivity contribution in [2.45, 2.75) is 19.3 Å². The minimum Gasteiger partial charge on any atom is -0.494 e. The zero-order valence-electron chi connectivity index (χ0n) is 20.7. The highest BCUT2D eigenvalue weighted by atomic mass is 32.1. The Morgan fingerprint density at radius 2 is 1.74 bits per heavy atom. The normalized spacial score (nSPS) is 12.9. The maximum absolute atomic E-state index is 13.9. The van der Waals surface area contributed by atoms with E-state index in [4.69, 9.17) is 22.7 Å². The summed E-state index contributed by atoms with van der Waals surface area (Å²) in [7, 11) is 1.40. The number of benzene rings is 3. The van der Waals surface area contributed by atoms with Crippen molar-refractivity contribution in [2.75, 3.05) is 7.11 Å². The van der Waals surface area contributed by atoms with Gasteiger partial charge in [-0.3, -0.25) is 5.43 Å². The van der Waals surface area contributed by atoms with Crippen LogP contribution in [0.15, 0.2) is 81.8 Å². The highest BCUT2D eigenvalue weighted by molar-refractivity contribution is 7.80. The summed E-state index contributed by atoms with van der Waals surface area (Å²) in [5, 5.41) is 7.36. The van der Waals surface area contributed by atoms with Crippen LogP contribution in [-0.4, -0.2) is 37.0 Å². The fourth-order valence-corrected chi connectivity index (χ4v) is 3.37. The number of methoxy groups -OCH3 is 1. The number of alkyl halides is 3. The van der Waals surface area contributed by atoms with Crippen molar-refractivity contribution in [1.29, 1.82) is 0 Å². The molecule has 1 unspecified atom stereocenters. The monoisotopic (exact) mass is 560 g/mol. The van der Waals surface area contributed by atoms with Crippen molar-refractivity contribution in [2.24, 2.45) is 20.8 Å². The number of nitrogens with two attached hydrogens (primary N) is 1. The molecule has 0 aliphatic carbocycles. The van der Waals surface area contributed by atoms with Gasteiger partial charge in [0.2, 0.25) is 0 Å². The van der Waals surface area contributed by atoms with Gasteiger partial charge in [0.1, 0.15) is 17.9 Å². The summed E-state index contributed by atoms with van der Waals surface area (Å²) in [6.07, 6.45) is -2.01. The average molecular weight is 561 g/mol. The number of amidine groups is 1. The molecular weight excluding hydrogens is 536 g/mol. The van der Waals surface area contributed by atoms with Gasteiger partial charge in [0.25, 0.3) is 0 Å². The van der Waals surface area contributed by atoms with E-state index in [2.05, 4.69) is 30.6 Å². The molecule has 0 aliphatic rings. The van der Waals surface area contributed by atoms with Gasteiger partial charge < -0.3 is 20.5 Å². The number of hydrogen-bond acceptors (Lipinski definition) is 5. The van der Waals surface area contributed by atoms with Gasteiger partial charge >= 0.3 is 6.36 Å². The lowest BCUT2D eigenvalue weighted by Crippen LogP contribution is -2.34. The van der Waals surface area contributed by atoms with Gasteiger partial charge in [0.05, 0.1) is 25.1 Å². The molecule has 39 heavy (non-hydrogen) atoms. The Balaban J connectivity index is 1.49. The van der Waals surface area contributed by atoms with Crippen LogP contribution in [0.4, 0.5) is 23.2 Å². The molecule has 3 aromatic rings. The third-order valence-corrected chi connectivity index (χ3v) is 5.29. The van der Waals surface area contributed by atoms with Crippen LogP contribution in [0, 0.1) is 5.82 Å². The van der Waals surface area contributed by atoms with Crippen molar-refractivity contribution in [3.63, 3.8) is 0 Å². The third kappa shape index (κ3) is 9.38. The Labute approximate surface area is 227 Å². The molecule has 3 rings (SSSR count). The molecule has 8 nitrogen and oxygen atoms in total. The second-order valence-corrected chi connectivity index (χ2v) is 8.29. The molecule has 0 aliphatic heterocycles. The lowest BCUT2D eigenvalue weighted by Gasteiger charge is -2.16. The topological polar surface area (TPSA) is 106 Å². The third-order valence-electron chi connectivity index (χ3n) is 5.08. The first-order valence-corrected chi connectivity index (χ1v) is 11.7. The fourth-order valence-electron chi connectivity index (χ4n) is 3.14. The first-order chi connectivity index (χ1) is 18.5. The summed E-state index contributed by atoms with van der Waals surface area (Å²) in [5.74, 6) is -0.460. The van der Waals surface area contributed by atoms with Crippen LogP contribution in [0.3, 0.4) is 0 Å². The van der Waals surface area contributed by atoms with E-state index in [0.29, 0.717) is 16.8 Å². The van der Waals surface area contributed by atoms with E-state index in [-0.39, 0.29) is 28.5 Å². The largest absolute Gasteiger partial charge is 0.573 e. The lowest BCUT2D eigenvalue weighted by molar-refractivity contribution is -0.274. The highest BCUT2D eigenvalue weighted by Gasteiger charge is 2.30. The van der Waals surface area contributed by atoms with E-state index in [1.54, 1.807) is 42.6 Å². The summed E-state index contributed by atoms with van der Waals surface area (Å²) in [6, 6.07) is 16.4. The number of halogens is 4. The van der Waals surface area contributed by atoms with Gasteiger partial charge in [0, 0.05) is 5.56 Å². The molecule has 3 aromatic carbocycles. The highest BCUT2D eigenvalue weighted by Crippen LogP contribution is 2.25. The van der Waals surface area contributed by atoms with E-state index in [0.717, 1.165) is 17.7 Å². The van der Waals surface area contributed by atoms with Gasteiger partial charge in [0.15, 0.2) is 16.7 Å². The van der Waals surface area contributed by atoms with Crippen LogP contribution in [-0.2, 0) is 0 Å². The minimum absolute atomic E-state index is 0.163. The molecule has 4 N–H and O–H groups in total. The van der Waals surface area contributed by atoms with E-state index < -0.39 is 12.2 Å². The zero-order chi connectivity index (χ0) is 28.4. The Bertz CT molecular complexity index is 1360. The molecule has 0 bridgehead atoms. The minimum atomic E-state index is -4.76. The fraction of sp³-hybridized carbons (Fsp3) is 0.154. The zero-order valence-corrected chi connectivity index (χ0v) is 21.6. The van der Waals surface area contributed by atoms with Gasteiger partial charge in [-0.2, -0.15) is 5.10 Å². The summed E-state index contributed by atoms with van der Waals surface area (Å²) >= 11 is 5.23. The number of hydrazone groups is 1. The maximum Gasteiger partial charge on any atom is 0.573 e. The number of ether oxygens (including phenoxy) is 2. The molecule has 0 saturated heterocycles. The molecule has 0 heterocycles. The Morgan fingerprint density at radius 1 is 1.05 bits per heavy atom. The summed E-state index contributed by atoms with van der Waals surface area (Å²) < 4.78 is 59.3. The number of nitrogens with zero attached hydrogens (tertiary/aromatic N) is 3. The van der Waals surface area contributed by atoms with Crippen LogP contribution in [0.25, 0.3) is 0 Å². The lowest BCUT2D eigenvalue weighted by atomic mass is 10.1. The average Bonchev–Trinajstić information content (AvgIpc) is 2.89. The number of thiocarbonyl (C=S) groups is 1. The van der Waals surface area contributed by atoms with Gasteiger partial charge in [-0.05, 0) is 66.7 Å². The van der Waals surface area contributed by atoms with Crippen molar-refractivity contribution >= 4 is 41.4 Å². The number of rotatable bonds is 9. The van der Waals surface area contributed by atoms with Crippen LogP contribution < -0.4 is 25.9 Å². The maximum atomic E-state index is 13.9. The van der Waals surface area contributed by atoms with Crippen LogP contribution >= 0.6 is 12.2 Å². The van der Waals surface area contributed by atoms with Crippen LogP contribution in [0.1, 0.15) is 29.7 Å². The summed E-state index contributed by atoms with van der Waals surface area (Å²) in [5.41, 5.74) is 11.1. The Kier molecular flexibility index (Phi) is 9.92. The van der Waals surface area contributed by atoms with E-state index in [9.17, 15) is 17.6 Å². The van der Waals surface area contributed by atoms with Crippen LogP contribution in [0.5, 0.6) is 11.5 Å². The van der Waals surface area contributed by atoms with Gasteiger partial charge in [-0.15, -0.1) is 13.2 Å². The molecule has 13 heteroatoms. The Hall–Kier alpha value is -4.52. The van der Waals surface area contributed by atoms with E-state index in [1.807, 2.05) is 6.92 Å². The van der Waals surface area contributed by atoms with E-state index in [1.165, 1.54) is 31.6 Å². The molecule has 204 valence electrons. The van der Waals surface area contributed by atoms with Crippen LogP contribution in [0.2, 0.25) is 0 Å². The molecule has 0 saturated carbocycles. The van der Waals surface area contributed by atoms with Gasteiger partial charge in [-0.1, -0.05) is 30.3 Å². The molecule has 0 aromatic heterocycles. The summed E-state index contributed by atoms with van der Waals surface area (Å²) in [4.78, 5) is 8.08. The summed E-state index contributed by atoms with van der Waals surface area (Å²) in [6.45, 7) is 1.83. The van der Waals surface area contributed by atoms with Gasteiger partial charge in [-0.25, -0.2) is 14.4 Å². The van der Waals surface area contributed by atoms with Crippen molar-refractivity contribution < 1.29 is 27.0 Å². The van der Waals surface area contributed by atoms with Crippen molar-refractivity contribution in [1.82, 2.24) is 10.7 Å². The predicted octanol–water partition coefficient (Wildman–Crippen LogP) is 5.36. The standard InChI is InChI=1S/C26H24F4N6O2S/c1-16(19-7-12-23(37-2)22(27)13-19)35-25(39)36-34-14-17-3-5-18(6-4-17)24(31)33-15-32-20-8-10-21(11-9-20)38-26(28,29)30/h3-16H,1-2H3,(H2,31,32,33)(H2,35,36,39)/b34-14-. The quantitative estimate of drug-likeness (QED) is 0.107. The number of nitrogens with one attached hydrogen (secondary N) is 2. The number of aliphatic imine (C=N–C) groups is 2. The first kappa shape index (κ1) is 29.0. The van der Waals surface area contributed by atoms with Crippen molar-refractivity contribution in [3.05, 3.63) is 89.2 Å². The molecule has 0 fully saturated rings. The first-order valence-electron chi connectivity index (χ1n) is 11.3. The smallest absolute Gasteiger partial charge is 0.494 e. The molecule has 0 radical (unpaired) electrons. The molecule has 1 atom stereocenters. The predicted molar refractivity (Wildman–Crippen MR) is 146 cm³/mol. The molecule has 0 amide bonds. The number of hydrogen-bond donors (Lipinski definition) is 3. The second-order valence-electron chi connectivity index (χ2n) is 7.88. The SMILES string of the molecule is COc1ccc(C(C)NC(=S)N/N=C\c2ccc(C(N)=NC=Nc3ccc(OC(F)(F)F)cc3)cc2)cc1F. The molecular formula is C26H24F4N6O2S. The Morgan fingerprint density at radius 3 is 2.36 bits per heavy atom. The van der Waals surface area contributed by atoms with Crippen molar-refractivity contribution in [3.8, 4) is 11.5 Å². The second kappa shape index (κ2) is 13.3. The molecule has 0 spiro atoms. The van der Waals surface area contributed by atoms with E-state index >= 15 is 0 Å².